The van der Waals surface area contributed by atoms with Crippen LogP contribution < -0.4 is 5.32 Å². The molecule has 1 unspecified atom stereocenters. The number of rotatable bonds is 5. The first kappa shape index (κ1) is 13.8. The van der Waals surface area contributed by atoms with Crippen LogP contribution in [0.4, 0.5) is 0 Å². The molecule has 4 nitrogen and oxygen atoms in total. The molecule has 19 heavy (non-hydrogen) atoms. The summed E-state index contributed by atoms with van der Waals surface area (Å²) in [6.07, 6.45) is 3.64. The van der Waals surface area contributed by atoms with Crippen molar-refractivity contribution in [3.8, 4) is 0 Å². The Morgan fingerprint density at radius 2 is 2.26 bits per heavy atom. The third-order valence-corrected chi connectivity index (χ3v) is 4.46. The standard InChI is InChI=1S/C14H17NO3S/c1-14(2)7-10(14)8-15-13(18)12-9(5-6-19-12)3-4-11(16)17/h3-6,10H,7-8H2,1-2H3,(H,15,18)(H,16,17)/b4-3+. The molecule has 1 aliphatic rings. The van der Waals surface area contributed by atoms with Crippen LogP contribution in [0.25, 0.3) is 6.08 Å². The van der Waals surface area contributed by atoms with Gasteiger partial charge in [0, 0.05) is 12.6 Å². The lowest BCUT2D eigenvalue weighted by molar-refractivity contribution is -0.131. The van der Waals surface area contributed by atoms with Crippen molar-refractivity contribution >= 4 is 29.3 Å². The SMILES string of the molecule is CC1(C)CC1CNC(=O)c1sccc1/C=C/C(=O)O. The van der Waals surface area contributed by atoms with Gasteiger partial charge in [0.25, 0.3) is 5.91 Å². The Bertz CT molecular complexity index is 531. The van der Waals surface area contributed by atoms with Gasteiger partial charge in [-0.05, 0) is 40.8 Å². The van der Waals surface area contributed by atoms with Crippen molar-refractivity contribution in [3.63, 3.8) is 0 Å². The summed E-state index contributed by atoms with van der Waals surface area (Å²) < 4.78 is 0. The highest BCUT2D eigenvalue weighted by molar-refractivity contribution is 7.12. The molecule has 102 valence electrons. The maximum Gasteiger partial charge on any atom is 0.328 e. The highest BCUT2D eigenvalue weighted by Gasteiger charge is 2.45. The first-order valence-electron chi connectivity index (χ1n) is 6.17. The topological polar surface area (TPSA) is 66.4 Å². The maximum absolute atomic E-state index is 12.0. The molecule has 1 fully saturated rings. The lowest BCUT2D eigenvalue weighted by Gasteiger charge is -2.06. The van der Waals surface area contributed by atoms with Gasteiger partial charge in [-0.1, -0.05) is 13.8 Å². The number of carbonyl (C=O) groups is 2. The van der Waals surface area contributed by atoms with E-state index in [0.29, 0.717) is 28.3 Å². The Morgan fingerprint density at radius 3 is 2.84 bits per heavy atom. The summed E-state index contributed by atoms with van der Waals surface area (Å²) in [5, 5.41) is 13.3. The minimum atomic E-state index is -1.02. The minimum absolute atomic E-state index is 0.122. The Balaban J connectivity index is 1.96. The van der Waals surface area contributed by atoms with Crippen molar-refractivity contribution in [1.29, 1.82) is 0 Å². The zero-order valence-electron chi connectivity index (χ0n) is 11.0. The monoisotopic (exact) mass is 279 g/mol. The summed E-state index contributed by atoms with van der Waals surface area (Å²) in [5.41, 5.74) is 0.995. The van der Waals surface area contributed by atoms with Crippen LogP contribution >= 0.6 is 11.3 Å². The van der Waals surface area contributed by atoms with Crippen molar-refractivity contribution in [1.82, 2.24) is 5.32 Å². The smallest absolute Gasteiger partial charge is 0.328 e. The van der Waals surface area contributed by atoms with Gasteiger partial charge in [0.05, 0.1) is 4.88 Å². The van der Waals surface area contributed by atoms with Crippen LogP contribution in [0.3, 0.4) is 0 Å². The Morgan fingerprint density at radius 1 is 1.58 bits per heavy atom. The van der Waals surface area contributed by atoms with E-state index < -0.39 is 5.97 Å². The molecule has 1 aromatic rings. The van der Waals surface area contributed by atoms with Crippen LogP contribution in [0.1, 0.15) is 35.5 Å². The fourth-order valence-corrected chi connectivity index (χ4v) is 2.82. The zero-order chi connectivity index (χ0) is 14.0. The number of carbonyl (C=O) groups excluding carboxylic acids is 1. The molecule has 1 saturated carbocycles. The van der Waals surface area contributed by atoms with Gasteiger partial charge in [0.2, 0.25) is 0 Å². The molecule has 5 heteroatoms. The molecular formula is C14H17NO3S. The van der Waals surface area contributed by atoms with Crippen LogP contribution in [0.15, 0.2) is 17.5 Å². The van der Waals surface area contributed by atoms with E-state index in [2.05, 4.69) is 19.2 Å². The van der Waals surface area contributed by atoms with E-state index in [1.807, 2.05) is 0 Å². The van der Waals surface area contributed by atoms with Gasteiger partial charge < -0.3 is 10.4 Å². The highest BCUT2D eigenvalue weighted by atomic mass is 32.1. The van der Waals surface area contributed by atoms with Gasteiger partial charge >= 0.3 is 5.97 Å². The van der Waals surface area contributed by atoms with Gasteiger partial charge in [-0.3, -0.25) is 4.79 Å². The van der Waals surface area contributed by atoms with E-state index >= 15 is 0 Å². The molecule has 0 spiro atoms. The molecule has 0 aromatic carbocycles. The van der Waals surface area contributed by atoms with E-state index in [-0.39, 0.29) is 5.91 Å². The van der Waals surface area contributed by atoms with Crippen LogP contribution in [0.2, 0.25) is 0 Å². The van der Waals surface area contributed by atoms with Gasteiger partial charge in [0.15, 0.2) is 0 Å². The Hall–Kier alpha value is -1.62. The summed E-state index contributed by atoms with van der Waals surface area (Å²) in [4.78, 5) is 23.1. The molecule has 0 bridgehead atoms. The van der Waals surface area contributed by atoms with E-state index in [1.165, 1.54) is 17.4 Å². The molecule has 1 amide bonds. The number of thiophene rings is 1. The summed E-state index contributed by atoms with van der Waals surface area (Å²) in [7, 11) is 0. The average Bonchev–Trinajstić information content (AvgIpc) is 2.77. The van der Waals surface area contributed by atoms with E-state index in [9.17, 15) is 9.59 Å². The number of carboxylic acid groups (broad SMARTS) is 1. The lowest BCUT2D eigenvalue weighted by Crippen LogP contribution is -2.26. The predicted octanol–water partition coefficient (Wildman–Crippen LogP) is 2.62. The molecule has 1 heterocycles. The van der Waals surface area contributed by atoms with Crippen LogP contribution in [0.5, 0.6) is 0 Å². The van der Waals surface area contributed by atoms with Crippen molar-refractivity contribution < 1.29 is 14.7 Å². The van der Waals surface area contributed by atoms with E-state index in [4.69, 9.17) is 5.11 Å². The highest BCUT2D eigenvalue weighted by Crippen LogP contribution is 2.51. The Kier molecular flexibility index (Phi) is 3.75. The molecule has 0 radical (unpaired) electrons. The number of carboxylic acids is 1. The van der Waals surface area contributed by atoms with Gasteiger partial charge in [-0.25, -0.2) is 4.79 Å². The third kappa shape index (κ3) is 3.44. The van der Waals surface area contributed by atoms with Crippen molar-refractivity contribution in [2.24, 2.45) is 11.3 Å². The van der Waals surface area contributed by atoms with Crippen molar-refractivity contribution in [2.45, 2.75) is 20.3 Å². The zero-order valence-corrected chi connectivity index (χ0v) is 11.8. The quantitative estimate of drug-likeness (QED) is 0.814. The number of hydrogen-bond acceptors (Lipinski definition) is 3. The minimum Gasteiger partial charge on any atom is -0.478 e. The molecule has 0 saturated heterocycles. The number of hydrogen-bond donors (Lipinski definition) is 2. The average molecular weight is 279 g/mol. The molecule has 2 rings (SSSR count). The molecule has 1 aliphatic carbocycles. The molecule has 1 aromatic heterocycles. The molecular weight excluding hydrogens is 262 g/mol. The van der Waals surface area contributed by atoms with Crippen molar-refractivity contribution in [3.05, 3.63) is 28.0 Å². The van der Waals surface area contributed by atoms with Crippen LogP contribution in [-0.2, 0) is 4.79 Å². The van der Waals surface area contributed by atoms with E-state index in [1.54, 1.807) is 11.4 Å². The van der Waals surface area contributed by atoms with Gasteiger partial charge in [-0.2, -0.15) is 0 Å². The second-order valence-corrected chi connectivity index (χ2v) is 6.39. The van der Waals surface area contributed by atoms with Crippen LogP contribution in [0, 0.1) is 11.3 Å². The summed E-state index contributed by atoms with van der Waals surface area (Å²) in [6, 6.07) is 1.75. The fourth-order valence-electron chi connectivity index (χ4n) is 2.02. The number of aliphatic carboxylic acids is 1. The Labute approximate surface area is 116 Å². The third-order valence-electron chi connectivity index (χ3n) is 3.53. The second-order valence-electron chi connectivity index (χ2n) is 5.48. The summed E-state index contributed by atoms with van der Waals surface area (Å²) in [5.74, 6) is -0.588. The number of amides is 1. The van der Waals surface area contributed by atoms with Crippen LogP contribution in [-0.4, -0.2) is 23.5 Å². The second kappa shape index (κ2) is 5.17. The normalized spacial score (nSPS) is 20.4. The number of nitrogens with one attached hydrogen (secondary N) is 1. The van der Waals surface area contributed by atoms with E-state index in [0.717, 1.165) is 12.5 Å². The van der Waals surface area contributed by atoms with Gasteiger partial charge in [0.1, 0.15) is 0 Å². The molecule has 2 N–H and O–H groups in total. The summed E-state index contributed by atoms with van der Waals surface area (Å²) >= 11 is 1.33. The largest absolute Gasteiger partial charge is 0.478 e. The molecule has 0 aliphatic heterocycles. The van der Waals surface area contributed by atoms with Crippen molar-refractivity contribution in [2.75, 3.05) is 6.54 Å². The maximum atomic E-state index is 12.0. The fraction of sp³-hybridized carbons (Fsp3) is 0.429. The first-order valence-corrected chi connectivity index (χ1v) is 7.05. The molecule has 1 atom stereocenters. The summed E-state index contributed by atoms with van der Waals surface area (Å²) in [6.45, 7) is 5.07. The first-order chi connectivity index (χ1) is 8.90. The van der Waals surface area contributed by atoms with Gasteiger partial charge in [-0.15, -0.1) is 11.3 Å². The lowest BCUT2D eigenvalue weighted by atomic mass is 10.1. The predicted molar refractivity (Wildman–Crippen MR) is 75.2 cm³/mol.